The van der Waals surface area contributed by atoms with Gasteiger partial charge in [-0.1, -0.05) is 29.3 Å². The summed E-state index contributed by atoms with van der Waals surface area (Å²) < 4.78 is 5.10. The molecule has 2 aromatic rings. The van der Waals surface area contributed by atoms with Crippen LogP contribution in [0.25, 0.3) is 0 Å². The van der Waals surface area contributed by atoms with Gasteiger partial charge in [-0.25, -0.2) is 0 Å². The van der Waals surface area contributed by atoms with Crippen LogP contribution in [0, 0.1) is 0 Å². The van der Waals surface area contributed by atoms with Crippen molar-refractivity contribution in [1.29, 1.82) is 0 Å². The van der Waals surface area contributed by atoms with Gasteiger partial charge in [0, 0.05) is 27.5 Å². The van der Waals surface area contributed by atoms with Gasteiger partial charge in [0.15, 0.2) is 0 Å². The number of carbonyl (C=O) groups excluding carboxylic acids is 1. The van der Waals surface area contributed by atoms with Crippen LogP contribution in [0.1, 0.15) is 17.8 Å². The molecule has 3 nitrogen and oxygen atoms in total. The minimum atomic E-state index is -0.308. The molecule has 0 saturated carbocycles. The molecule has 0 spiro atoms. The molecule has 0 aliphatic carbocycles. The summed E-state index contributed by atoms with van der Waals surface area (Å²) in [5.41, 5.74) is 0.785. The van der Waals surface area contributed by atoms with E-state index in [1.165, 1.54) is 6.92 Å². The third-order valence-corrected chi connectivity index (χ3v) is 3.97. The Morgan fingerprint density at radius 3 is 2.60 bits per heavy atom. The lowest BCUT2D eigenvalue weighted by atomic mass is 10.2. The maximum atomic E-state index is 11.0. The fourth-order valence-corrected chi connectivity index (χ4v) is 3.01. The largest absolute Gasteiger partial charge is 0.463 e. The molecule has 0 aliphatic rings. The van der Waals surface area contributed by atoms with E-state index in [9.17, 15) is 4.79 Å². The van der Waals surface area contributed by atoms with Gasteiger partial charge in [0.25, 0.3) is 0 Å². The van der Waals surface area contributed by atoms with E-state index in [0.717, 1.165) is 10.6 Å². The van der Waals surface area contributed by atoms with Crippen LogP contribution in [0.4, 0.5) is 5.69 Å². The van der Waals surface area contributed by atoms with Gasteiger partial charge in [0.05, 0.1) is 6.04 Å². The Morgan fingerprint density at radius 2 is 2.05 bits per heavy atom. The first kappa shape index (κ1) is 15.2. The fraction of sp³-hybridized carbons (Fsp3) is 0.214. The number of benzene rings is 1. The first-order valence-corrected chi connectivity index (χ1v) is 7.57. The van der Waals surface area contributed by atoms with Crippen molar-refractivity contribution in [3.8, 4) is 0 Å². The molecule has 106 valence electrons. The second-order valence-corrected chi connectivity index (χ2v) is 6.03. The Bertz CT molecular complexity index is 567. The number of thiophene rings is 1. The molecular weight excluding hydrogens is 317 g/mol. The van der Waals surface area contributed by atoms with Crippen LogP contribution in [-0.2, 0) is 9.53 Å². The molecule has 0 fully saturated rings. The summed E-state index contributed by atoms with van der Waals surface area (Å²) >= 11 is 13.5. The Balaban J connectivity index is 2.16. The minimum absolute atomic E-state index is 0.131. The van der Waals surface area contributed by atoms with Crippen molar-refractivity contribution in [1.82, 2.24) is 0 Å². The summed E-state index contributed by atoms with van der Waals surface area (Å²) in [4.78, 5) is 12.1. The predicted molar refractivity (Wildman–Crippen MR) is 83.8 cm³/mol. The van der Waals surface area contributed by atoms with E-state index in [4.69, 9.17) is 27.9 Å². The van der Waals surface area contributed by atoms with Gasteiger partial charge in [-0.3, -0.25) is 4.79 Å². The van der Waals surface area contributed by atoms with Crippen LogP contribution < -0.4 is 5.32 Å². The summed E-state index contributed by atoms with van der Waals surface area (Å²) in [6, 6.07) is 9.03. The number of ether oxygens (including phenoxy) is 1. The normalized spacial score (nSPS) is 11.9. The van der Waals surface area contributed by atoms with Crippen LogP contribution in [0.2, 0.25) is 10.0 Å². The van der Waals surface area contributed by atoms with Crippen molar-refractivity contribution >= 4 is 46.2 Å². The van der Waals surface area contributed by atoms with Gasteiger partial charge >= 0.3 is 5.97 Å². The first-order chi connectivity index (χ1) is 9.54. The van der Waals surface area contributed by atoms with Crippen molar-refractivity contribution in [2.24, 2.45) is 0 Å². The van der Waals surface area contributed by atoms with Crippen LogP contribution in [0.15, 0.2) is 35.7 Å². The van der Waals surface area contributed by atoms with Gasteiger partial charge in [-0.05, 0) is 29.6 Å². The average Bonchev–Trinajstić information content (AvgIpc) is 2.86. The van der Waals surface area contributed by atoms with Crippen molar-refractivity contribution < 1.29 is 9.53 Å². The van der Waals surface area contributed by atoms with Crippen LogP contribution in [0.3, 0.4) is 0 Å². The SMILES string of the molecule is CC(=O)OCC(Nc1cc(Cl)cc(Cl)c1)c1cccs1. The highest BCUT2D eigenvalue weighted by Gasteiger charge is 2.14. The molecule has 20 heavy (non-hydrogen) atoms. The van der Waals surface area contributed by atoms with E-state index in [2.05, 4.69) is 5.32 Å². The Kier molecular flexibility index (Phi) is 5.29. The second kappa shape index (κ2) is 6.97. The summed E-state index contributed by atoms with van der Waals surface area (Å²) in [6.45, 7) is 1.64. The molecule has 6 heteroatoms. The van der Waals surface area contributed by atoms with E-state index < -0.39 is 0 Å². The second-order valence-electron chi connectivity index (χ2n) is 4.17. The number of rotatable bonds is 5. The molecule has 1 aromatic heterocycles. The zero-order valence-electron chi connectivity index (χ0n) is 10.7. The molecule has 1 atom stereocenters. The molecule has 0 saturated heterocycles. The monoisotopic (exact) mass is 329 g/mol. The summed E-state index contributed by atoms with van der Waals surface area (Å²) in [7, 11) is 0. The van der Waals surface area contributed by atoms with Gasteiger partial charge in [0.2, 0.25) is 0 Å². The van der Waals surface area contributed by atoms with Gasteiger partial charge in [-0.15, -0.1) is 11.3 Å². The molecular formula is C14H13Cl2NO2S. The van der Waals surface area contributed by atoms with Crippen LogP contribution in [-0.4, -0.2) is 12.6 Å². The lowest BCUT2D eigenvalue weighted by Gasteiger charge is -2.18. The molecule has 0 radical (unpaired) electrons. The highest BCUT2D eigenvalue weighted by Crippen LogP contribution is 2.28. The zero-order chi connectivity index (χ0) is 14.5. The third kappa shape index (κ3) is 4.40. The molecule has 1 unspecified atom stereocenters. The molecule has 1 N–H and O–H groups in total. The smallest absolute Gasteiger partial charge is 0.302 e. The summed E-state index contributed by atoms with van der Waals surface area (Å²) in [6.07, 6.45) is 0. The van der Waals surface area contributed by atoms with Crippen molar-refractivity contribution in [2.45, 2.75) is 13.0 Å². The van der Waals surface area contributed by atoms with Crippen LogP contribution >= 0.6 is 34.5 Å². The molecule has 0 amide bonds. The van der Waals surface area contributed by atoms with E-state index in [0.29, 0.717) is 10.0 Å². The molecule has 0 aliphatic heterocycles. The standard InChI is InChI=1S/C14H13Cl2NO2S/c1-9(18)19-8-13(14-3-2-4-20-14)17-12-6-10(15)5-11(16)7-12/h2-7,13,17H,8H2,1H3. The number of anilines is 1. The third-order valence-electron chi connectivity index (χ3n) is 2.54. The summed E-state index contributed by atoms with van der Waals surface area (Å²) in [5.74, 6) is -0.308. The molecule has 0 bridgehead atoms. The maximum absolute atomic E-state index is 11.0. The van der Waals surface area contributed by atoms with Crippen molar-refractivity contribution in [3.63, 3.8) is 0 Å². The molecule has 1 heterocycles. The molecule has 2 rings (SSSR count). The average molecular weight is 330 g/mol. The number of hydrogen-bond donors (Lipinski definition) is 1. The lowest BCUT2D eigenvalue weighted by Crippen LogP contribution is -2.17. The van der Waals surface area contributed by atoms with Gasteiger partial charge in [-0.2, -0.15) is 0 Å². The number of nitrogens with one attached hydrogen (secondary N) is 1. The van der Waals surface area contributed by atoms with E-state index in [1.54, 1.807) is 29.5 Å². The first-order valence-electron chi connectivity index (χ1n) is 5.94. The highest BCUT2D eigenvalue weighted by atomic mass is 35.5. The number of esters is 1. The predicted octanol–water partition coefficient (Wildman–Crippen LogP) is 4.77. The van der Waals surface area contributed by atoms with E-state index in [1.807, 2.05) is 17.5 Å². The van der Waals surface area contributed by atoms with Gasteiger partial charge < -0.3 is 10.1 Å². The van der Waals surface area contributed by atoms with Gasteiger partial charge in [0.1, 0.15) is 6.61 Å². The van der Waals surface area contributed by atoms with Crippen molar-refractivity contribution in [3.05, 3.63) is 50.6 Å². The van der Waals surface area contributed by atoms with E-state index in [-0.39, 0.29) is 18.6 Å². The highest BCUT2D eigenvalue weighted by molar-refractivity contribution is 7.10. The number of halogens is 2. The van der Waals surface area contributed by atoms with E-state index >= 15 is 0 Å². The minimum Gasteiger partial charge on any atom is -0.463 e. The lowest BCUT2D eigenvalue weighted by molar-refractivity contribution is -0.141. The Labute approximate surface area is 131 Å². The number of hydrogen-bond acceptors (Lipinski definition) is 4. The topological polar surface area (TPSA) is 38.3 Å². The maximum Gasteiger partial charge on any atom is 0.302 e. The Morgan fingerprint density at radius 1 is 1.35 bits per heavy atom. The molecule has 1 aromatic carbocycles. The van der Waals surface area contributed by atoms with Crippen LogP contribution in [0.5, 0.6) is 0 Å². The zero-order valence-corrected chi connectivity index (χ0v) is 13.1. The fourth-order valence-electron chi connectivity index (χ4n) is 1.72. The quantitative estimate of drug-likeness (QED) is 0.803. The number of carbonyl (C=O) groups is 1. The van der Waals surface area contributed by atoms with Crippen molar-refractivity contribution in [2.75, 3.05) is 11.9 Å². The Hall–Kier alpha value is -1.23. The summed E-state index contributed by atoms with van der Waals surface area (Å²) in [5, 5.41) is 6.36.